The van der Waals surface area contributed by atoms with Crippen LogP contribution in [0.5, 0.6) is 0 Å². The highest BCUT2D eigenvalue weighted by Crippen LogP contribution is 2.12. The Morgan fingerprint density at radius 3 is 2.19 bits per heavy atom. The third kappa shape index (κ3) is 4.43. The summed E-state index contributed by atoms with van der Waals surface area (Å²) < 4.78 is 0. The Kier molecular flexibility index (Phi) is 5.12. The fourth-order valence-electron chi connectivity index (χ4n) is 1.98. The Labute approximate surface area is 129 Å². The fraction of sp³-hybridized carbons (Fsp3) is 0.176. The highest BCUT2D eigenvalue weighted by Gasteiger charge is 2.15. The maximum atomic E-state index is 12.2. The van der Waals surface area contributed by atoms with Crippen molar-refractivity contribution in [1.29, 1.82) is 0 Å². The molecule has 0 aliphatic rings. The van der Waals surface area contributed by atoms with Crippen LogP contribution in [0.1, 0.15) is 22.8 Å². The molecule has 2 aromatic rings. The second kappa shape index (κ2) is 7.04. The number of halogens is 1. The maximum Gasteiger partial charge on any atom is 0.220 e. The number of hydrogen-bond donors (Lipinski definition) is 0. The van der Waals surface area contributed by atoms with E-state index >= 15 is 0 Å². The van der Waals surface area contributed by atoms with Gasteiger partial charge in [0, 0.05) is 24.1 Å². The normalized spacial score (nSPS) is 10.2. The van der Waals surface area contributed by atoms with E-state index in [1.54, 1.807) is 24.3 Å². The van der Waals surface area contributed by atoms with Crippen molar-refractivity contribution in [1.82, 2.24) is 4.90 Å². The van der Waals surface area contributed by atoms with Crippen LogP contribution in [0.3, 0.4) is 0 Å². The molecule has 0 fully saturated rings. The van der Waals surface area contributed by atoms with Gasteiger partial charge in [-0.1, -0.05) is 41.9 Å². The number of ketones is 1. The van der Waals surface area contributed by atoms with Crippen LogP contribution >= 0.6 is 11.6 Å². The first-order valence-corrected chi connectivity index (χ1v) is 7.02. The van der Waals surface area contributed by atoms with E-state index in [0.29, 0.717) is 17.1 Å². The fourth-order valence-corrected chi connectivity index (χ4v) is 2.11. The lowest BCUT2D eigenvalue weighted by Crippen LogP contribution is -2.33. The number of carbonyl (C=O) groups is 2. The molecule has 3 nitrogen and oxygen atoms in total. The summed E-state index contributed by atoms with van der Waals surface area (Å²) in [5.41, 5.74) is 1.55. The minimum atomic E-state index is -0.124. The minimum Gasteiger partial charge on any atom is -0.331 e. The van der Waals surface area contributed by atoms with Crippen molar-refractivity contribution in [2.45, 2.75) is 13.5 Å². The van der Waals surface area contributed by atoms with Crippen LogP contribution in [-0.4, -0.2) is 23.1 Å². The molecule has 21 heavy (non-hydrogen) atoms. The molecule has 0 unspecified atom stereocenters. The topological polar surface area (TPSA) is 37.4 Å². The van der Waals surface area contributed by atoms with E-state index in [1.807, 2.05) is 30.3 Å². The predicted molar refractivity (Wildman–Crippen MR) is 83.3 cm³/mol. The number of hydrogen-bond acceptors (Lipinski definition) is 2. The van der Waals surface area contributed by atoms with Gasteiger partial charge < -0.3 is 4.90 Å². The van der Waals surface area contributed by atoms with E-state index in [4.69, 9.17) is 11.6 Å². The van der Waals surface area contributed by atoms with Crippen molar-refractivity contribution >= 4 is 23.3 Å². The highest BCUT2D eigenvalue weighted by molar-refractivity contribution is 6.30. The first kappa shape index (κ1) is 15.3. The molecular formula is C17H16ClNO2. The standard InChI is InChI=1S/C17H16ClNO2/c1-13(20)19(11-14-5-3-2-4-6-14)12-17(21)15-7-9-16(18)10-8-15/h2-10H,11-12H2,1H3. The summed E-state index contributed by atoms with van der Waals surface area (Å²) in [4.78, 5) is 25.5. The molecule has 0 aliphatic heterocycles. The van der Waals surface area contributed by atoms with Gasteiger partial charge in [0.15, 0.2) is 5.78 Å². The molecular weight excluding hydrogens is 286 g/mol. The molecule has 0 heterocycles. The van der Waals surface area contributed by atoms with Crippen LogP contribution in [-0.2, 0) is 11.3 Å². The Bertz CT molecular complexity index is 623. The maximum absolute atomic E-state index is 12.2. The monoisotopic (exact) mass is 301 g/mol. The molecule has 0 aliphatic carbocycles. The van der Waals surface area contributed by atoms with Crippen molar-refractivity contribution in [3.63, 3.8) is 0 Å². The molecule has 108 valence electrons. The first-order chi connectivity index (χ1) is 10.1. The first-order valence-electron chi connectivity index (χ1n) is 6.64. The van der Waals surface area contributed by atoms with Gasteiger partial charge in [-0.25, -0.2) is 0 Å². The van der Waals surface area contributed by atoms with E-state index in [0.717, 1.165) is 5.56 Å². The molecule has 0 N–H and O–H groups in total. The summed E-state index contributed by atoms with van der Waals surface area (Å²) >= 11 is 5.80. The van der Waals surface area contributed by atoms with Crippen molar-refractivity contribution < 1.29 is 9.59 Å². The molecule has 2 aromatic carbocycles. The van der Waals surface area contributed by atoms with Crippen molar-refractivity contribution in [2.75, 3.05) is 6.54 Å². The number of rotatable bonds is 5. The average Bonchev–Trinajstić information content (AvgIpc) is 2.48. The molecule has 0 aromatic heterocycles. The molecule has 0 spiro atoms. The highest BCUT2D eigenvalue weighted by atomic mass is 35.5. The molecule has 0 saturated heterocycles. The lowest BCUT2D eigenvalue weighted by molar-refractivity contribution is -0.128. The van der Waals surface area contributed by atoms with E-state index in [1.165, 1.54) is 11.8 Å². The van der Waals surface area contributed by atoms with Crippen molar-refractivity contribution in [3.05, 3.63) is 70.7 Å². The van der Waals surface area contributed by atoms with Crippen LogP contribution < -0.4 is 0 Å². The van der Waals surface area contributed by atoms with Gasteiger partial charge >= 0.3 is 0 Å². The average molecular weight is 302 g/mol. The molecule has 2 rings (SSSR count). The summed E-state index contributed by atoms with van der Waals surface area (Å²) in [6.07, 6.45) is 0. The Hall–Kier alpha value is -2.13. The smallest absolute Gasteiger partial charge is 0.220 e. The molecule has 0 atom stereocenters. The SMILES string of the molecule is CC(=O)N(CC(=O)c1ccc(Cl)cc1)Cc1ccccc1. The van der Waals surface area contributed by atoms with Gasteiger partial charge in [-0.2, -0.15) is 0 Å². The summed E-state index contributed by atoms with van der Waals surface area (Å²) in [6, 6.07) is 16.3. The Morgan fingerprint density at radius 1 is 1.00 bits per heavy atom. The lowest BCUT2D eigenvalue weighted by Gasteiger charge is -2.20. The van der Waals surface area contributed by atoms with Crippen molar-refractivity contribution in [2.24, 2.45) is 0 Å². The minimum absolute atomic E-state index is 0.0614. The van der Waals surface area contributed by atoms with E-state index in [9.17, 15) is 9.59 Å². The molecule has 0 radical (unpaired) electrons. The largest absolute Gasteiger partial charge is 0.331 e. The zero-order valence-corrected chi connectivity index (χ0v) is 12.5. The third-order valence-electron chi connectivity index (χ3n) is 3.16. The zero-order chi connectivity index (χ0) is 15.2. The molecule has 1 amide bonds. The van der Waals surface area contributed by atoms with Gasteiger partial charge in [-0.15, -0.1) is 0 Å². The number of Topliss-reactive ketones (excluding diaryl/α,β-unsaturated/α-hetero) is 1. The summed E-state index contributed by atoms with van der Waals surface area (Å²) in [6.45, 7) is 1.96. The second-order valence-corrected chi connectivity index (χ2v) is 5.23. The summed E-state index contributed by atoms with van der Waals surface area (Å²) in [5.74, 6) is -0.223. The van der Waals surface area contributed by atoms with E-state index in [-0.39, 0.29) is 18.2 Å². The summed E-state index contributed by atoms with van der Waals surface area (Å²) in [5, 5.41) is 0.583. The van der Waals surface area contributed by atoms with Gasteiger partial charge in [0.25, 0.3) is 0 Å². The molecule has 4 heteroatoms. The van der Waals surface area contributed by atoms with Crippen LogP contribution in [0.15, 0.2) is 54.6 Å². The van der Waals surface area contributed by atoms with Gasteiger partial charge in [0.1, 0.15) is 0 Å². The lowest BCUT2D eigenvalue weighted by atomic mass is 10.1. The van der Waals surface area contributed by atoms with Crippen LogP contribution in [0.2, 0.25) is 5.02 Å². The third-order valence-corrected chi connectivity index (χ3v) is 3.41. The number of nitrogens with zero attached hydrogens (tertiary/aromatic N) is 1. The number of benzene rings is 2. The summed E-state index contributed by atoms with van der Waals surface area (Å²) in [7, 11) is 0. The van der Waals surface area contributed by atoms with Crippen LogP contribution in [0.4, 0.5) is 0 Å². The molecule has 0 saturated carbocycles. The van der Waals surface area contributed by atoms with Crippen LogP contribution in [0.25, 0.3) is 0 Å². The number of carbonyl (C=O) groups excluding carboxylic acids is 2. The Morgan fingerprint density at radius 2 is 1.62 bits per heavy atom. The second-order valence-electron chi connectivity index (χ2n) is 4.79. The van der Waals surface area contributed by atoms with Gasteiger partial charge in [0.05, 0.1) is 6.54 Å². The van der Waals surface area contributed by atoms with E-state index < -0.39 is 0 Å². The quantitative estimate of drug-likeness (QED) is 0.792. The van der Waals surface area contributed by atoms with Gasteiger partial charge in [-0.05, 0) is 29.8 Å². The van der Waals surface area contributed by atoms with Crippen LogP contribution in [0, 0.1) is 0 Å². The van der Waals surface area contributed by atoms with E-state index in [2.05, 4.69) is 0 Å². The van der Waals surface area contributed by atoms with Gasteiger partial charge in [0.2, 0.25) is 5.91 Å². The molecule has 0 bridgehead atoms. The Balaban J connectivity index is 2.07. The van der Waals surface area contributed by atoms with Gasteiger partial charge in [-0.3, -0.25) is 9.59 Å². The predicted octanol–water partition coefficient (Wildman–Crippen LogP) is 3.57. The number of amides is 1. The zero-order valence-electron chi connectivity index (χ0n) is 11.8. The van der Waals surface area contributed by atoms with Crippen molar-refractivity contribution in [3.8, 4) is 0 Å².